The molecule has 1 aromatic carbocycles. The van der Waals surface area contributed by atoms with Crippen LogP contribution in [0.3, 0.4) is 0 Å². The van der Waals surface area contributed by atoms with E-state index in [9.17, 15) is 0 Å². The maximum Gasteiger partial charge on any atom is 0.0102 e. The van der Waals surface area contributed by atoms with Crippen LogP contribution in [0.1, 0.15) is 39.2 Å². The minimum atomic E-state index is 0.336. The molecule has 1 aliphatic heterocycles. The molecule has 1 fully saturated rings. The first kappa shape index (κ1) is 14.5. The number of likely N-dealkylation sites (tertiary alicyclic amines) is 1. The summed E-state index contributed by atoms with van der Waals surface area (Å²) in [6, 6.07) is 11.8. The molecule has 0 atom stereocenters. The van der Waals surface area contributed by atoms with E-state index in [4.69, 9.17) is 0 Å². The van der Waals surface area contributed by atoms with Crippen LogP contribution in [0.2, 0.25) is 0 Å². The minimum Gasteiger partial charge on any atom is -0.316 e. The quantitative estimate of drug-likeness (QED) is 0.875. The van der Waals surface area contributed by atoms with E-state index in [1.54, 1.807) is 0 Å². The molecular weight excluding hydrogens is 232 g/mol. The van der Waals surface area contributed by atoms with Gasteiger partial charge in [0.25, 0.3) is 0 Å². The molecule has 0 aliphatic carbocycles. The molecule has 2 nitrogen and oxygen atoms in total. The van der Waals surface area contributed by atoms with Gasteiger partial charge in [-0.3, -0.25) is 0 Å². The predicted molar refractivity (Wildman–Crippen MR) is 82.6 cm³/mol. The second-order valence-corrected chi connectivity index (χ2v) is 6.06. The van der Waals surface area contributed by atoms with Crippen LogP contribution < -0.4 is 5.32 Å². The molecule has 106 valence electrons. The Balaban J connectivity index is 2.14. The zero-order valence-electron chi connectivity index (χ0n) is 12.7. The van der Waals surface area contributed by atoms with Crippen LogP contribution in [0.5, 0.6) is 0 Å². The van der Waals surface area contributed by atoms with E-state index >= 15 is 0 Å². The molecule has 19 heavy (non-hydrogen) atoms. The number of hydrogen-bond acceptors (Lipinski definition) is 2. The van der Waals surface area contributed by atoms with Crippen molar-refractivity contribution in [3.63, 3.8) is 0 Å². The second kappa shape index (κ2) is 6.53. The van der Waals surface area contributed by atoms with Gasteiger partial charge in [0.05, 0.1) is 0 Å². The lowest BCUT2D eigenvalue weighted by atomic mass is 9.72. The monoisotopic (exact) mass is 260 g/mol. The van der Waals surface area contributed by atoms with Crippen LogP contribution in [0, 0.1) is 0 Å². The smallest absolute Gasteiger partial charge is 0.0102 e. The standard InChI is InChI=1S/C17H28N2/c1-4-18-14-17(16-8-6-5-7-9-16)10-12-19(13-11-17)15(2)3/h5-9,15,18H,4,10-14H2,1-3H3. The predicted octanol–water partition coefficient (Wildman–Crippen LogP) is 3.04. The van der Waals surface area contributed by atoms with Crippen LogP contribution in [0.15, 0.2) is 30.3 Å². The molecule has 1 N–H and O–H groups in total. The van der Waals surface area contributed by atoms with Crippen LogP contribution in [0.25, 0.3) is 0 Å². The molecule has 0 radical (unpaired) electrons. The zero-order chi connectivity index (χ0) is 13.7. The number of nitrogens with one attached hydrogen (secondary N) is 1. The first-order valence-electron chi connectivity index (χ1n) is 7.68. The summed E-state index contributed by atoms with van der Waals surface area (Å²) in [5.74, 6) is 0. The van der Waals surface area contributed by atoms with Gasteiger partial charge < -0.3 is 10.2 Å². The molecule has 0 amide bonds. The van der Waals surface area contributed by atoms with Crippen LogP contribution >= 0.6 is 0 Å². The lowest BCUT2D eigenvalue weighted by Gasteiger charge is -2.44. The van der Waals surface area contributed by atoms with E-state index in [-0.39, 0.29) is 0 Å². The van der Waals surface area contributed by atoms with Crippen molar-refractivity contribution < 1.29 is 0 Å². The Hall–Kier alpha value is -0.860. The van der Waals surface area contributed by atoms with E-state index in [0.717, 1.165) is 13.1 Å². The number of nitrogens with zero attached hydrogens (tertiary/aromatic N) is 1. The largest absolute Gasteiger partial charge is 0.316 e. The molecule has 0 saturated carbocycles. The molecule has 1 aromatic rings. The summed E-state index contributed by atoms with van der Waals surface area (Å²) in [6.45, 7) is 11.4. The Morgan fingerprint density at radius 3 is 2.32 bits per heavy atom. The molecule has 2 rings (SSSR count). The molecule has 1 heterocycles. The lowest BCUT2D eigenvalue weighted by Crippen LogP contribution is -2.49. The first-order chi connectivity index (χ1) is 9.18. The van der Waals surface area contributed by atoms with Crippen LogP contribution in [-0.4, -0.2) is 37.1 Å². The van der Waals surface area contributed by atoms with E-state index in [0.29, 0.717) is 11.5 Å². The van der Waals surface area contributed by atoms with Crippen molar-refractivity contribution in [3.05, 3.63) is 35.9 Å². The highest BCUT2D eigenvalue weighted by Gasteiger charge is 2.36. The van der Waals surface area contributed by atoms with E-state index in [2.05, 4.69) is 61.3 Å². The molecule has 2 heteroatoms. The van der Waals surface area contributed by atoms with Gasteiger partial charge in [0.15, 0.2) is 0 Å². The summed E-state index contributed by atoms with van der Waals surface area (Å²) in [6.07, 6.45) is 2.53. The molecule has 1 aliphatic rings. The highest BCUT2D eigenvalue weighted by molar-refractivity contribution is 5.27. The topological polar surface area (TPSA) is 15.3 Å². The molecule has 0 unspecified atom stereocenters. The minimum absolute atomic E-state index is 0.336. The number of benzene rings is 1. The van der Waals surface area contributed by atoms with Gasteiger partial charge in [-0.25, -0.2) is 0 Å². The van der Waals surface area contributed by atoms with Crippen molar-refractivity contribution in [2.75, 3.05) is 26.2 Å². The Morgan fingerprint density at radius 2 is 1.79 bits per heavy atom. The summed E-state index contributed by atoms with van der Waals surface area (Å²) in [5.41, 5.74) is 1.85. The lowest BCUT2D eigenvalue weighted by molar-refractivity contribution is 0.127. The summed E-state index contributed by atoms with van der Waals surface area (Å²) in [5, 5.41) is 3.58. The van der Waals surface area contributed by atoms with Crippen molar-refractivity contribution in [2.24, 2.45) is 0 Å². The fraction of sp³-hybridized carbons (Fsp3) is 0.647. The van der Waals surface area contributed by atoms with Crippen molar-refractivity contribution in [1.82, 2.24) is 10.2 Å². The molecular formula is C17H28N2. The molecule has 0 aromatic heterocycles. The van der Waals surface area contributed by atoms with E-state index in [1.807, 2.05) is 0 Å². The van der Waals surface area contributed by atoms with Gasteiger partial charge >= 0.3 is 0 Å². The fourth-order valence-corrected chi connectivity index (χ4v) is 3.19. The molecule has 0 bridgehead atoms. The van der Waals surface area contributed by atoms with Crippen molar-refractivity contribution in [1.29, 1.82) is 0 Å². The third kappa shape index (κ3) is 3.37. The fourth-order valence-electron chi connectivity index (χ4n) is 3.19. The van der Waals surface area contributed by atoms with E-state index < -0.39 is 0 Å². The van der Waals surface area contributed by atoms with Gasteiger partial charge in [0.1, 0.15) is 0 Å². The number of likely N-dealkylation sites (N-methyl/N-ethyl adjacent to an activating group) is 1. The Labute approximate surface area is 118 Å². The maximum absolute atomic E-state index is 3.58. The van der Waals surface area contributed by atoms with Gasteiger partial charge in [-0.1, -0.05) is 37.3 Å². The van der Waals surface area contributed by atoms with Gasteiger partial charge in [-0.15, -0.1) is 0 Å². The number of rotatable bonds is 5. The average Bonchev–Trinajstić information content (AvgIpc) is 2.46. The second-order valence-electron chi connectivity index (χ2n) is 6.06. The third-order valence-electron chi connectivity index (χ3n) is 4.58. The van der Waals surface area contributed by atoms with Crippen molar-refractivity contribution in [2.45, 2.75) is 45.1 Å². The molecule has 0 spiro atoms. The van der Waals surface area contributed by atoms with Crippen molar-refractivity contribution in [3.8, 4) is 0 Å². The maximum atomic E-state index is 3.58. The third-order valence-corrected chi connectivity index (χ3v) is 4.58. The van der Waals surface area contributed by atoms with Crippen LogP contribution in [0.4, 0.5) is 0 Å². The normalized spacial score (nSPS) is 19.8. The summed E-state index contributed by atoms with van der Waals surface area (Å²) < 4.78 is 0. The SMILES string of the molecule is CCNCC1(c2ccccc2)CCN(C(C)C)CC1. The molecule has 1 saturated heterocycles. The summed E-state index contributed by atoms with van der Waals surface area (Å²) in [4.78, 5) is 2.60. The zero-order valence-corrected chi connectivity index (χ0v) is 12.7. The Bertz CT molecular complexity index is 364. The number of piperidine rings is 1. The van der Waals surface area contributed by atoms with Gasteiger partial charge in [0, 0.05) is 18.0 Å². The average molecular weight is 260 g/mol. The Morgan fingerprint density at radius 1 is 1.16 bits per heavy atom. The van der Waals surface area contributed by atoms with Crippen LogP contribution in [-0.2, 0) is 5.41 Å². The van der Waals surface area contributed by atoms with Crippen molar-refractivity contribution >= 4 is 0 Å². The van der Waals surface area contributed by atoms with Gasteiger partial charge in [0.2, 0.25) is 0 Å². The van der Waals surface area contributed by atoms with Gasteiger partial charge in [-0.05, 0) is 51.9 Å². The highest BCUT2D eigenvalue weighted by atomic mass is 15.2. The first-order valence-corrected chi connectivity index (χ1v) is 7.68. The number of hydrogen-bond donors (Lipinski definition) is 1. The van der Waals surface area contributed by atoms with E-state index in [1.165, 1.54) is 31.5 Å². The van der Waals surface area contributed by atoms with Gasteiger partial charge in [-0.2, -0.15) is 0 Å². The highest BCUT2D eigenvalue weighted by Crippen LogP contribution is 2.35. The summed E-state index contributed by atoms with van der Waals surface area (Å²) in [7, 11) is 0. The summed E-state index contributed by atoms with van der Waals surface area (Å²) >= 11 is 0. The Kier molecular flexibility index (Phi) is 5.00.